The fourth-order valence-corrected chi connectivity index (χ4v) is 2.52. The van der Waals surface area contributed by atoms with Crippen molar-refractivity contribution in [3.05, 3.63) is 18.5 Å². The second kappa shape index (κ2) is 5.09. The molecule has 0 spiro atoms. The molecule has 3 heterocycles. The second-order valence-corrected chi connectivity index (χ2v) is 5.09. The van der Waals surface area contributed by atoms with E-state index in [-0.39, 0.29) is 0 Å². The lowest BCUT2D eigenvalue weighted by Gasteiger charge is -2.18. The van der Waals surface area contributed by atoms with E-state index >= 15 is 0 Å². The average Bonchev–Trinajstić information content (AvgIpc) is 3.06. The summed E-state index contributed by atoms with van der Waals surface area (Å²) in [5.74, 6) is 1.18. The monoisotopic (exact) mass is 273 g/mol. The number of aromatic nitrogens is 4. The van der Waals surface area contributed by atoms with Crippen LogP contribution in [0.1, 0.15) is 6.42 Å². The van der Waals surface area contributed by atoms with Crippen LogP contribution >= 0.6 is 0 Å². The van der Waals surface area contributed by atoms with Crippen molar-refractivity contribution in [2.45, 2.75) is 12.5 Å². The Morgan fingerprint density at radius 1 is 1.40 bits per heavy atom. The number of rotatable bonds is 3. The number of nitrogens with two attached hydrogens (primary N) is 1. The maximum Gasteiger partial charge on any atom is 0.222 e. The van der Waals surface area contributed by atoms with Crippen molar-refractivity contribution in [2.75, 3.05) is 30.8 Å². The molecule has 0 radical (unpaired) electrons. The molecular weight excluding hydrogens is 254 g/mol. The summed E-state index contributed by atoms with van der Waals surface area (Å²) in [5, 5.41) is 7.47. The van der Waals surface area contributed by atoms with E-state index < -0.39 is 0 Å². The smallest absolute Gasteiger partial charge is 0.222 e. The summed E-state index contributed by atoms with van der Waals surface area (Å²) in [7, 11) is 3.87. The minimum atomic E-state index is 0.300. The van der Waals surface area contributed by atoms with Gasteiger partial charge in [-0.3, -0.25) is 4.68 Å². The molecule has 0 aromatic carbocycles. The predicted molar refractivity (Wildman–Crippen MR) is 78.3 cm³/mol. The van der Waals surface area contributed by atoms with E-state index in [9.17, 15) is 0 Å². The Bertz CT molecular complexity index is 607. The first-order valence-electron chi connectivity index (χ1n) is 6.71. The molecule has 7 heteroatoms. The summed E-state index contributed by atoms with van der Waals surface area (Å²) in [6, 6.07) is 2.49. The molecule has 3 rings (SSSR count). The van der Waals surface area contributed by atoms with Gasteiger partial charge in [-0.25, -0.2) is 4.98 Å². The Kier molecular flexibility index (Phi) is 3.27. The van der Waals surface area contributed by atoms with Gasteiger partial charge in [-0.1, -0.05) is 0 Å². The van der Waals surface area contributed by atoms with Crippen molar-refractivity contribution in [3.8, 4) is 11.3 Å². The summed E-state index contributed by atoms with van der Waals surface area (Å²) in [4.78, 5) is 10.9. The van der Waals surface area contributed by atoms with Gasteiger partial charge in [0.15, 0.2) is 0 Å². The first-order chi connectivity index (χ1) is 9.65. The Morgan fingerprint density at radius 3 is 2.90 bits per heavy atom. The minimum Gasteiger partial charge on any atom is -0.368 e. The number of hydrogen-bond donors (Lipinski definition) is 2. The van der Waals surface area contributed by atoms with Crippen molar-refractivity contribution >= 4 is 11.8 Å². The normalized spacial score (nSPS) is 18.7. The van der Waals surface area contributed by atoms with Gasteiger partial charge in [0.25, 0.3) is 0 Å². The molecule has 1 aliphatic heterocycles. The quantitative estimate of drug-likeness (QED) is 0.834. The van der Waals surface area contributed by atoms with Crippen LogP contribution in [-0.2, 0) is 7.05 Å². The molecule has 0 amide bonds. The molecule has 2 aromatic rings. The van der Waals surface area contributed by atoms with E-state index in [1.165, 1.54) is 0 Å². The van der Waals surface area contributed by atoms with Gasteiger partial charge < -0.3 is 16.0 Å². The third-order valence-electron chi connectivity index (χ3n) is 3.65. The number of nitrogen functional groups attached to an aromatic ring is 1. The van der Waals surface area contributed by atoms with E-state index in [1.807, 2.05) is 26.4 Å². The van der Waals surface area contributed by atoms with Gasteiger partial charge >= 0.3 is 0 Å². The highest BCUT2D eigenvalue weighted by Crippen LogP contribution is 2.24. The van der Waals surface area contributed by atoms with E-state index in [0.717, 1.165) is 36.6 Å². The third-order valence-corrected chi connectivity index (χ3v) is 3.65. The van der Waals surface area contributed by atoms with E-state index in [4.69, 9.17) is 5.73 Å². The molecule has 1 aliphatic rings. The van der Waals surface area contributed by atoms with Gasteiger partial charge in [-0.05, 0) is 13.5 Å². The molecular formula is C13H19N7. The topological polar surface area (TPSA) is 84.9 Å². The molecule has 1 fully saturated rings. The van der Waals surface area contributed by atoms with Crippen molar-refractivity contribution in [1.82, 2.24) is 25.1 Å². The number of nitrogens with zero attached hydrogens (tertiary/aromatic N) is 5. The number of likely N-dealkylation sites (N-methyl/N-ethyl adjacent to an activating group) is 1. The van der Waals surface area contributed by atoms with Crippen molar-refractivity contribution < 1.29 is 0 Å². The van der Waals surface area contributed by atoms with Crippen LogP contribution in [0, 0.1) is 0 Å². The first kappa shape index (κ1) is 12.9. The molecule has 0 bridgehead atoms. The lowest BCUT2D eigenvalue weighted by Crippen LogP contribution is -2.30. The van der Waals surface area contributed by atoms with Crippen LogP contribution in [0.4, 0.5) is 11.8 Å². The molecule has 7 nitrogen and oxygen atoms in total. The van der Waals surface area contributed by atoms with Crippen molar-refractivity contribution in [1.29, 1.82) is 0 Å². The fraction of sp³-hybridized carbons (Fsp3) is 0.462. The Hall–Kier alpha value is -2.15. The number of anilines is 2. The van der Waals surface area contributed by atoms with E-state index in [1.54, 1.807) is 10.9 Å². The lowest BCUT2D eigenvalue weighted by molar-refractivity contribution is 0.616. The summed E-state index contributed by atoms with van der Waals surface area (Å²) in [6.07, 6.45) is 4.82. The summed E-state index contributed by atoms with van der Waals surface area (Å²) in [5.41, 5.74) is 7.61. The van der Waals surface area contributed by atoms with Crippen molar-refractivity contribution in [2.24, 2.45) is 7.05 Å². The SMILES string of the molecule is CN[C@@H]1CCN(c2cc(-c3cnn(C)c3)nc(N)n2)C1. The van der Waals surface area contributed by atoms with Gasteiger partial charge in [0, 0.05) is 44.0 Å². The van der Waals surface area contributed by atoms with Gasteiger partial charge in [0.1, 0.15) is 5.82 Å². The molecule has 1 saturated heterocycles. The largest absolute Gasteiger partial charge is 0.368 e. The van der Waals surface area contributed by atoms with Gasteiger partial charge in [0.2, 0.25) is 5.95 Å². The molecule has 20 heavy (non-hydrogen) atoms. The second-order valence-electron chi connectivity index (χ2n) is 5.09. The van der Waals surface area contributed by atoms with Crippen LogP contribution in [0.25, 0.3) is 11.3 Å². The van der Waals surface area contributed by atoms with Crippen LogP contribution in [-0.4, -0.2) is 45.9 Å². The Morgan fingerprint density at radius 2 is 2.25 bits per heavy atom. The number of nitrogens with one attached hydrogen (secondary N) is 1. The number of hydrogen-bond acceptors (Lipinski definition) is 6. The number of aryl methyl sites for hydroxylation is 1. The molecule has 0 aliphatic carbocycles. The zero-order chi connectivity index (χ0) is 14.1. The summed E-state index contributed by atoms with van der Waals surface area (Å²) in [6.45, 7) is 1.92. The van der Waals surface area contributed by atoms with Crippen LogP contribution in [0.3, 0.4) is 0 Å². The predicted octanol–water partition coefficient (Wildman–Crippen LogP) is 0.257. The van der Waals surface area contributed by atoms with Crippen molar-refractivity contribution in [3.63, 3.8) is 0 Å². The molecule has 0 unspecified atom stereocenters. The highest BCUT2D eigenvalue weighted by molar-refractivity contribution is 5.63. The molecule has 106 valence electrons. The maximum atomic E-state index is 5.85. The summed E-state index contributed by atoms with van der Waals surface area (Å²) < 4.78 is 1.75. The van der Waals surface area contributed by atoms with Gasteiger partial charge in [-0.15, -0.1) is 0 Å². The van der Waals surface area contributed by atoms with Crippen LogP contribution in [0.2, 0.25) is 0 Å². The molecule has 1 atom stereocenters. The average molecular weight is 273 g/mol. The Balaban J connectivity index is 1.91. The molecule has 3 N–H and O–H groups in total. The van der Waals surface area contributed by atoms with Crippen LogP contribution in [0.5, 0.6) is 0 Å². The fourth-order valence-electron chi connectivity index (χ4n) is 2.52. The molecule has 0 saturated carbocycles. The van der Waals surface area contributed by atoms with Crippen LogP contribution < -0.4 is 16.0 Å². The minimum absolute atomic E-state index is 0.300. The van der Waals surface area contributed by atoms with Crippen LogP contribution in [0.15, 0.2) is 18.5 Å². The van der Waals surface area contributed by atoms with Gasteiger partial charge in [0.05, 0.1) is 11.9 Å². The Labute approximate surface area is 117 Å². The maximum absolute atomic E-state index is 5.85. The zero-order valence-electron chi connectivity index (χ0n) is 11.7. The highest BCUT2D eigenvalue weighted by Gasteiger charge is 2.23. The zero-order valence-corrected chi connectivity index (χ0v) is 11.7. The molecule has 2 aromatic heterocycles. The lowest BCUT2D eigenvalue weighted by atomic mass is 10.2. The van der Waals surface area contributed by atoms with E-state index in [2.05, 4.69) is 25.3 Å². The summed E-state index contributed by atoms with van der Waals surface area (Å²) >= 11 is 0. The van der Waals surface area contributed by atoms with E-state index in [0.29, 0.717) is 12.0 Å². The standard InChI is InChI=1S/C13H19N7/c1-15-10-3-4-20(8-10)12-5-11(17-13(14)18-12)9-6-16-19(2)7-9/h5-7,10,15H,3-4,8H2,1-2H3,(H2,14,17,18)/t10-/m1/s1. The third kappa shape index (κ3) is 2.44. The highest BCUT2D eigenvalue weighted by atomic mass is 15.3. The first-order valence-corrected chi connectivity index (χ1v) is 6.71. The van der Waals surface area contributed by atoms with Gasteiger partial charge in [-0.2, -0.15) is 10.1 Å².